The zero-order chi connectivity index (χ0) is 15.7. The molecular weight excluding hydrogens is 296 g/mol. The number of carboxylic acids is 1. The van der Waals surface area contributed by atoms with Gasteiger partial charge in [-0.3, -0.25) is 19.1 Å². The highest BCUT2D eigenvalue weighted by atomic mass is 32.2. The maximum atomic E-state index is 12.1. The summed E-state index contributed by atoms with van der Waals surface area (Å²) < 4.78 is 2.95. The van der Waals surface area contributed by atoms with Crippen molar-refractivity contribution in [3.8, 4) is 0 Å². The number of rotatable bonds is 5. The Balaban J connectivity index is 2.76. The summed E-state index contributed by atoms with van der Waals surface area (Å²) in [4.78, 5) is 41.0. The van der Waals surface area contributed by atoms with Crippen LogP contribution in [0.3, 0.4) is 0 Å². The molecule has 21 heavy (non-hydrogen) atoms. The van der Waals surface area contributed by atoms with E-state index in [-0.39, 0.29) is 17.4 Å². The summed E-state index contributed by atoms with van der Waals surface area (Å²) >= 11 is 1.03. The molecule has 0 aromatic carbocycles. The van der Waals surface area contributed by atoms with Crippen molar-refractivity contribution in [3.63, 3.8) is 0 Å². The lowest BCUT2D eigenvalue weighted by molar-refractivity contribution is -0.133. The Bertz CT molecular complexity index is 804. The Labute approximate surface area is 123 Å². The van der Waals surface area contributed by atoms with E-state index < -0.39 is 17.2 Å². The number of aromatic nitrogens is 4. The molecule has 2 aromatic rings. The van der Waals surface area contributed by atoms with E-state index in [1.807, 2.05) is 13.8 Å². The normalized spacial score (nSPS) is 12.7. The van der Waals surface area contributed by atoms with Crippen LogP contribution in [0.2, 0.25) is 0 Å². The summed E-state index contributed by atoms with van der Waals surface area (Å²) in [6.07, 6.45) is 0.744. The molecule has 0 fully saturated rings. The highest BCUT2D eigenvalue weighted by molar-refractivity contribution is 7.99. The predicted molar refractivity (Wildman–Crippen MR) is 79.0 cm³/mol. The van der Waals surface area contributed by atoms with Gasteiger partial charge >= 0.3 is 11.7 Å². The van der Waals surface area contributed by atoms with Gasteiger partial charge in [-0.2, -0.15) is 0 Å². The van der Waals surface area contributed by atoms with Gasteiger partial charge in [0.05, 0.1) is 5.75 Å². The molecule has 0 aliphatic rings. The molecule has 0 aliphatic carbocycles. The van der Waals surface area contributed by atoms with E-state index in [1.165, 1.54) is 11.6 Å². The third kappa shape index (κ3) is 2.73. The lowest BCUT2D eigenvalue weighted by Crippen LogP contribution is -2.29. The summed E-state index contributed by atoms with van der Waals surface area (Å²) in [7, 11) is 1.51. The average molecular weight is 312 g/mol. The summed E-state index contributed by atoms with van der Waals surface area (Å²) in [6, 6.07) is -0.0371. The number of hydrogen-bond acceptors (Lipinski definition) is 5. The standard InChI is InChI=1S/C12H16N4O4S/c1-4-6(2)16-8-9(13-12(16)21-5-7(17)18)15(3)11(20)14-10(8)19/h6H,4-5H2,1-3H3,(H,17,18)(H,14,19,20)/t6-/m1/s1. The quantitative estimate of drug-likeness (QED) is 0.781. The van der Waals surface area contributed by atoms with E-state index in [0.29, 0.717) is 10.7 Å². The van der Waals surface area contributed by atoms with Gasteiger partial charge in [-0.05, 0) is 13.3 Å². The number of aryl methyl sites for hydroxylation is 1. The van der Waals surface area contributed by atoms with Crippen molar-refractivity contribution in [1.82, 2.24) is 19.1 Å². The first-order valence-electron chi connectivity index (χ1n) is 6.42. The zero-order valence-corrected chi connectivity index (χ0v) is 12.7. The number of imidazole rings is 1. The number of carboxylic acid groups (broad SMARTS) is 1. The maximum absolute atomic E-state index is 12.1. The molecule has 0 saturated carbocycles. The Morgan fingerprint density at radius 2 is 2.14 bits per heavy atom. The number of H-pyrrole nitrogens is 1. The molecule has 114 valence electrons. The van der Waals surface area contributed by atoms with Gasteiger partial charge in [0.2, 0.25) is 0 Å². The molecule has 0 bridgehead atoms. The first-order chi connectivity index (χ1) is 9.86. The Morgan fingerprint density at radius 3 is 2.71 bits per heavy atom. The van der Waals surface area contributed by atoms with Gasteiger partial charge in [-0.15, -0.1) is 0 Å². The topological polar surface area (TPSA) is 110 Å². The van der Waals surface area contributed by atoms with Crippen LogP contribution in [0.25, 0.3) is 11.2 Å². The van der Waals surface area contributed by atoms with E-state index in [1.54, 1.807) is 4.57 Å². The van der Waals surface area contributed by atoms with Crippen molar-refractivity contribution in [2.24, 2.45) is 7.05 Å². The summed E-state index contributed by atoms with van der Waals surface area (Å²) in [5.41, 5.74) is -0.504. The lowest BCUT2D eigenvalue weighted by Gasteiger charge is -2.14. The van der Waals surface area contributed by atoms with Crippen LogP contribution in [0.15, 0.2) is 14.7 Å². The smallest absolute Gasteiger partial charge is 0.329 e. The molecule has 0 unspecified atom stereocenters. The molecule has 9 heteroatoms. The highest BCUT2D eigenvalue weighted by Gasteiger charge is 2.21. The minimum Gasteiger partial charge on any atom is -0.481 e. The molecular formula is C12H16N4O4S. The first-order valence-corrected chi connectivity index (χ1v) is 7.41. The van der Waals surface area contributed by atoms with Crippen molar-refractivity contribution in [3.05, 3.63) is 20.8 Å². The number of fused-ring (bicyclic) bond motifs is 1. The van der Waals surface area contributed by atoms with E-state index in [9.17, 15) is 14.4 Å². The second-order valence-electron chi connectivity index (χ2n) is 4.69. The van der Waals surface area contributed by atoms with Gasteiger partial charge in [-0.1, -0.05) is 18.7 Å². The lowest BCUT2D eigenvalue weighted by atomic mass is 10.2. The predicted octanol–water partition coefficient (Wildman–Crippen LogP) is 0.571. The van der Waals surface area contributed by atoms with Crippen LogP contribution in [-0.2, 0) is 11.8 Å². The summed E-state index contributed by atoms with van der Waals surface area (Å²) in [6.45, 7) is 3.87. The maximum Gasteiger partial charge on any atom is 0.329 e. The van der Waals surface area contributed by atoms with Gasteiger partial charge < -0.3 is 9.67 Å². The van der Waals surface area contributed by atoms with Crippen LogP contribution >= 0.6 is 11.8 Å². The summed E-state index contributed by atoms with van der Waals surface area (Å²) in [5, 5.41) is 9.23. The zero-order valence-electron chi connectivity index (χ0n) is 11.9. The van der Waals surface area contributed by atoms with E-state index in [0.717, 1.165) is 18.2 Å². The summed E-state index contributed by atoms with van der Waals surface area (Å²) in [5.74, 6) is -1.13. The van der Waals surface area contributed by atoms with Crippen molar-refractivity contribution in [2.75, 3.05) is 5.75 Å². The number of aromatic amines is 1. The number of hydrogen-bond donors (Lipinski definition) is 2. The third-order valence-corrected chi connectivity index (χ3v) is 4.21. The third-order valence-electron chi connectivity index (χ3n) is 3.27. The molecule has 2 rings (SSSR count). The van der Waals surface area contributed by atoms with Crippen LogP contribution in [0, 0.1) is 0 Å². The van der Waals surface area contributed by atoms with Gasteiger partial charge in [0.25, 0.3) is 5.56 Å². The molecule has 0 spiro atoms. The van der Waals surface area contributed by atoms with Gasteiger partial charge in [-0.25, -0.2) is 9.78 Å². The first kappa shape index (κ1) is 15.4. The SMILES string of the molecule is CC[C@@H](C)n1c(SCC(=O)O)nc2c1c(=O)[nH]c(=O)n2C. The second kappa shape index (κ2) is 5.76. The number of carbonyl (C=O) groups is 1. The highest BCUT2D eigenvalue weighted by Crippen LogP contribution is 2.26. The van der Waals surface area contributed by atoms with Crippen molar-refractivity contribution >= 4 is 28.9 Å². The minimum atomic E-state index is -0.967. The molecule has 8 nitrogen and oxygen atoms in total. The molecule has 2 heterocycles. The van der Waals surface area contributed by atoms with Crippen LogP contribution in [-0.4, -0.2) is 35.9 Å². The second-order valence-corrected chi connectivity index (χ2v) is 5.64. The van der Waals surface area contributed by atoms with Crippen LogP contribution in [0.4, 0.5) is 0 Å². The fourth-order valence-electron chi connectivity index (χ4n) is 2.00. The minimum absolute atomic E-state index is 0.0371. The Kier molecular flexibility index (Phi) is 4.21. The number of thioether (sulfide) groups is 1. The largest absolute Gasteiger partial charge is 0.481 e. The fourth-order valence-corrected chi connectivity index (χ4v) is 2.82. The van der Waals surface area contributed by atoms with Crippen molar-refractivity contribution in [2.45, 2.75) is 31.5 Å². The van der Waals surface area contributed by atoms with Gasteiger partial charge in [0.1, 0.15) is 0 Å². The van der Waals surface area contributed by atoms with E-state index in [2.05, 4.69) is 9.97 Å². The molecule has 2 aromatic heterocycles. The van der Waals surface area contributed by atoms with E-state index in [4.69, 9.17) is 5.11 Å². The van der Waals surface area contributed by atoms with Crippen molar-refractivity contribution in [1.29, 1.82) is 0 Å². The average Bonchev–Trinajstić information content (AvgIpc) is 2.82. The molecule has 0 radical (unpaired) electrons. The molecule has 1 atom stereocenters. The molecule has 2 N–H and O–H groups in total. The number of nitrogens with one attached hydrogen (secondary N) is 1. The van der Waals surface area contributed by atoms with Crippen LogP contribution < -0.4 is 11.2 Å². The van der Waals surface area contributed by atoms with E-state index >= 15 is 0 Å². The molecule has 0 aliphatic heterocycles. The van der Waals surface area contributed by atoms with Crippen LogP contribution in [0.1, 0.15) is 26.3 Å². The fraction of sp³-hybridized carbons (Fsp3) is 0.500. The number of nitrogens with zero attached hydrogens (tertiary/aromatic N) is 3. The molecule has 0 amide bonds. The Hall–Kier alpha value is -2.03. The van der Waals surface area contributed by atoms with Crippen molar-refractivity contribution < 1.29 is 9.90 Å². The molecule has 0 saturated heterocycles. The monoisotopic (exact) mass is 312 g/mol. The Morgan fingerprint density at radius 1 is 1.48 bits per heavy atom. The van der Waals surface area contributed by atoms with Gasteiger partial charge in [0.15, 0.2) is 16.3 Å². The van der Waals surface area contributed by atoms with Gasteiger partial charge in [0, 0.05) is 13.1 Å². The number of aliphatic carboxylic acids is 1. The van der Waals surface area contributed by atoms with Crippen LogP contribution in [0.5, 0.6) is 0 Å².